The zero-order chi connectivity index (χ0) is 17.1. The van der Waals surface area contributed by atoms with E-state index in [4.69, 9.17) is 16.3 Å². The van der Waals surface area contributed by atoms with Crippen molar-refractivity contribution in [1.82, 2.24) is 9.97 Å². The van der Waals surface area contributed by atoms with Gasteiger partial charge < -0.3 is 10.1 Å². The molecule has 0 atom stereocenters. The number of aryl methyl sites for hydroxylation is 1. The van der Waals surface area contributed by atoms with E-state index in [0.29, 0.717) is 22.4 Å². The topological polar surface area (TPSA) is 64.1 Å². The van der Waals surface area contributed by atoms with Crippen molar-refractivity contribution in [3.63, 3.8) is 0 Å². The molecule has 0 bridgehead atoms. The van der Waals surface area contributed by atoms with Crippen LogP contribution in [0.3, 0.4) is 0 Å². The molecule has 1 aromatic heterocycles. The second kappa shape index (κ2) is 6.84. The number of ether oxygens (including phenoxy) is 1. The lowest BCUT2D eigenvalue weighted by Gasteiger charge is -2.11. The van der Waals surface area contributed by atoms with Crippen LogP contribution in [0.25, 0.3) is 10.9 Å². The zero-order valence-corrected chi connectivity index (χ0v) is 14.1. The summed E-state index contributed by atoms with van der Waals surface area (Å²) in [6, 6.07) is 12.9. The molecule has 1 N–H and O–H groups in total. The monoisotopic (exact) mass is 341 g/mol. The van der Waals surface area contributed by atoms with Gasteiger partial charge in [0.25, 0.3) is 5.91 Å². The first-order chi connectivity index (χ1) is 11.5. The van der Waals surface area contributed by atoms with Crippen molar-refractivity contribution in [2.24, 2.45) is 0 Å². The molecule has 0 spiro atoms. The van der Waals surface area contributed by atoms with Gasteiger partial charge in [-0.2, -0.15) is 4.98 Å². The second-order valence-electron chi connectivity index (χ2n) is 5.34. The molecule has 5 nitrogen and oxygen atoms in total. The minimum Gasteiger partial charge on any atom is -0.467 e. The summed E-state index contributed by atoms with van der Waals surface area (Å²) in [7, 11) is 0. The molecule has 0 saturated heterocycles. The number of hydrogen-bond acceptors (Lipinski definition) is 4. The van der Waals surface area contributed by atoms with E-state index in [-0.39, 0.29) is 12.5 Å². The number of amides is 1. The highest BCUT2D eigenvalue weighted by Crippen LogP contribution is 2.24. The molecular weight excluding hydrogens is 326 g/mol. The fourth-order valence-corrected chi connectivity index (χ4v) is 2.51. The van der Waals surface area contributed by atoms with Crippen molar-refractivity contribution in [3.8, 4) is 5.88 Å². The van der Waals surface area contributed by atoms with E-state index in [1.165, 1.54) is 0 Å². The van der Waals surface area contributed by atoms with Gasteiger partial charge in [0.2, 0.25) is 5.88 Å². The molecular formula is C18H16ClN3O2. The SMILES string of the molecule is Cc1nc(OCC(=O)Nc2cccc(Cl)c2C)c2ccccc2n1. The van der Waals surface area contributed by atoms with Gasteiger partial charge in [-0.05, 0) is 43.7 Å². The summed E-state index contributed by atoms with van der Waals surface area (Å²) in [5.41, 5.74) is 2.27. The van der Waals surface area contributed by atoms with Crippen LogP contribution >= 0.6 is 11.6 Å². The third-order valence-electron chi connectivity index (χ3n) is 3.56. The van der Waals surface area contributed by atoms with Gasteiger partial charge in [-0.1, -0.05) is 29.8 Å². The van der Waals surface area contributed by atoms with Crippen molar-refractivity contribution >= 4 is 34.1 Å². The number of benzene rings is 2. The molecule has 3 rings (SSSR count). The Kier molecular flexibility index (Phi) is 4.62. The number of carbonyl (C=O) groups excluding carboxylic acids is 1. The summed E-state index contributed by atoms with van der Waals surface area (Å²) in [5.74, 6) is 0.714. The molecule has 0 aliphatic heterocycles. The van der Waals surface area contributed by atoms with Crippen LogP contribution < -0.4 is 10.1 Å². The molecule has 0 unspecified atom stereocenters. The van der Waals surface area contributed by atoms with Crippen molar-refractivity contribution in [2.45, 2.75) is 13.8 Å². The van der Waals surface area contributed by atoms with Gasteiger partial charge in [0, 0.05) is 10.7 Å². The molecule has 0 saturated carbocycles. The van der Waals surface area contributed by atoms with Gasteiger partial charge >= 0.3 is 0 Å². The lowest BCUT2D eigenvalue weighted by Crippen LogP contribution is -2.21. The number of halogens is 1. The molecule has 2 aromatic carbocycles. The molecule has 0 aliphatic rings. The molecule has 6 heteroatoms. The minimum absolute atomic E-state index is 0.146. The number of nitrogens with zero attached hydrogens (tertiary/aromatic N) is 2. The third kappa shape index (κ3) is 3.46. The highest BCUT2D eigenvalue weighted by atomic mass is 35.5. The first-order valence-electron chi connectivity index (χ1n) is 7.46. The van der Waals surface area contributed by atoms with Crippen LogP contribution in [0.1, 0.15) is 11.4 Å². The molecule has 0 radical (unpaired) electrons. The predicted molar refractivity (Wildman–Crippen MR) is 94.6 cm³/mol. The summed E-state index contributed by atoms with van der Waals surface area (Å²) >= 11 is 6.05. The maximum Gasteiger partial charge on any atom is 0.262 e. The number of aromatic nitrogens is 2. The number of para-hydroxylation sites is 1. The molecule has 0 aliphatic carbocycles. The van der Waals surface area contributed by atoms with E-state index in [1.54, 1.807) is 25.1 Å². The fourth-order valence-electron chi connectivity index (χ4n) is 2.33. The quantitative estimate of drug-likeness (QED) is 0.781. The molecule has 0 fully saturated rings. The lowest BCUT2D eigenvalue weighted by molar-refractivity contribution is -0.118. The first kappa shape index (κ1) is 16.2. The Morgan fingerprint density at radius 3 is 2.75 bits per heavy atom. The highest BCUT2D eigenvalue weighted by molar-refractivity contribution is 6.31. The molecule has 1 amide bonds. The number of carbonyl (C=O) groups is 1. The lowest BCUT2D eigenvalue weighted by atomic mass is 10.2. The van der Waals surface area contributed by atoms with E-state index < -0.39 is 0 Å². The van der Waals surface area contributed by atoms with Crippen LogP contribution in [0.5, 0.6) is 5.88 Å². The Balaban J connectivity index is 1.74. The summed E-state index contributed by atoms with van der Waals surface area (Å²) in [4.78, 5) is 20.8. The van der Waals surface area contributed by atoms with Gasteiger partial charge in [-0.15, -0.1) is 0 Å². The minimum atomic E-state index is -0.277. The largest absolute Gasteiger partial charge is 0.467 e. The van der Waals surface area contributed by atoms with Gasteiger partial charge in [-0.25, -0.2) is 4.98 Å². The van der Waals surface area contributed by atoms with Crippen LogP contribution in [-0.4, -0.2) is 22.5 Å². The Morgan fingerprint density at radius 1 is 1.12 bits per heavy atom. The molecule has 1 heterocycles. The van der Waals surface area contributed by atoms with Gasteiger partial charge in [-0.3, -0.25) is 4.79 Å². The number of anilines is 1. The molecule has 122 valence electrons. The van der Waals surface area contributed by atoms with E-state index in [1.807, 2.05) is 31.2 Å². The first-order valence-corrected chi connectivity index (χ1v) is 7.83. The van der Waals surface area contributed by atoms with Crippen LogP contribution in [0.4, 0.5) is 5.69 Å². The summed E-state index contributed by atoms with van der Waals surface area (Å²) < 4.78 is 5.61. The Hall–Kier alpha value is -2.66. The van der Waals surface area contributed by atoms with E-state index >= 15 is 0 Å². The number of hydrogen-bond donors (Lipinski definition) is 1. The predicted octanol–water partition coefficient (Wildman–Crippen LogP) is 3.92. The van der Waals surface area contributed by atoms with Crippen molar-refractivity contribution < 1.29 is 9.53 Å². The van der Waals surface area contributed by atoms with Crippen LogP contribution in [0.2, 0.25) is 5.02 Å². The smallest absolute Gasteiger partial charge is 0.262 e. The fraction of sp³-hybridized carbons (Fsp3) is 0.167. The van der Waals surface area contributed by atoms with Crippen molar-refractivity contribution in [3.05, 3.63) is 58.9 Å². The molecule has 24 heavy (non-hydrogen) atoms. The average Bonchev–Trinajstić information content (AvgIpc) is 2.56. The summed E-state index contributed by atoms with van der Waals surface area (Å²) in [5, 5.41) is 4.17. The van der Waals surface area contributed by atoms with Crippen molar-refractivity contribution in [2.75, 3.05) is 11.9 Å². The standard InChI is InChI=1S/C18H16ClN3O2/c1-11-14(19)7-5-9-15(11)22-17(23)10-24-18-13-6-3-4-8-16(13)20-12(2)21-18/h3-9H,10H2,1-2H3,(H,22,23). The van der Waals surface area contributed by atoms with Gasteiger partial charge in [0.1, 0.15) is 5.82 Å². The number of nitrogens with one attached hydrogen (secondary N) is 1. The average molecular weight is 342 g/mol. The number of fused-ring (bicyclic) bond motifs is 1. The normalized spacial score (nSPS) is 10.6. The Morgan fingerprint density at radius 2 is 1.92 bits per heavy atom. The van der Waals surface area contributed by atoms with Crippen LogP contribution in [0, 0.1) is 13.8 Å². The van der Waals surface area contributed by atoms with Crippen molar-refractivity contribution in [1.29, 1.82) is 0 Å². The highest BCUT2D eigenvalue weighted by Gasteiger charge is 2.11. The van der Waals surface area contributed by atoms with Crippen LogP contribution in [0.15, 0.2) is 42.5 Å². The Labute approximate surface area is 144 Å². The molecule has 3 aromatic rings. The van der Waals surface area contributed by atoms with E-state index in [9.17, 15) is 4.79 Å². The van der Waals surface area contributed by atoms with Gasteiger partial charge in [0.05, 0.1) is 10.9 Å². The van der Waals surface area contributed by atoms with E-state index in [0.717, 1.165) is 16.5 Å². The summed E-state index contributed by atoms with van der Waals surface area (Å²) in [6.45, 7) is 3.49. The number of rotatable bonds is 4. The maximum atomic E-state index is 12.1. The van der Waals surface area contributed by atoms with E-state index in [2.05, 4.69) is 15.3 Å². The zero-order valence-electron chi connectivity index (χ0n) is 13.3. The van der Waals surface area contributed by atoms with Gasteiger partial charge in [0.15, 0.2) is 6.61 Å². The summed E-state index contributed by atoms with van der Waals surface area (Å²) in [6.07, 6.45) is 0. The third-order valence-corrected chi connectivity index (χ3v) is 3.97. The second-order valence-corrected chi connectivity index (χ2v) is 5.75. The van der Waals surface area contributed by atoms with Crippen LogP contribution in [-0.2, 0) is 4.79 Å². The maximum absolute atomic E-state index is 12.1. The Bertz CT molecular complexity index is 912.